The number of anilines is 1. The first kappa shape index (κ1) is 11.8. The van der Waals surface area contributed by atoms with E-state index in [1.54, 1.807) is 0 Å². The van der Waals surface area contributed by atoms with Gasteiger partial charge in [-0.1, -0.05) is 11.4 Å². The SMILES string of the molecule is CNc1snnc1CN1CCC(C)C(O)C1. The van der Waals surface area contributed by atoms with Crippen LogP contribution in [0.4, 0.5) is 5.00 Å². The smallest absolute Gasteiger partial charge is 0.134 e. The molecule has 0 aromatic carbocycles. The Bertz CT molecular complexity index is 343. The number of likely N-dealkylation sites (tertiary alicyclic amines) is 1. The fraction of sp³-hybridized carbons (Fsp3) is 0.800. The van der Waals surface area contributed by atoms with Gasteiger partial charge in [-0.3, -0.25) is 4.90 Å². The van der Waals surface area contributed by atoms with Gasteiger partial charge in [-0.2, -0.15) is 0 Å². The molecule has 0 spiro atoms. The van der Waals surface area contributed by atoms with E-state index in [1.165, 1.54) is 11.5 Å². The number of hydrogen-bond acceptors (Lipinski definition) is 6. The number of nitrogens with zero attached hydrogens (tertiary/aromatic N) is 3. The van der Waals surface area contributed by atoms with Gasteiger partial charge in [0.05, 0.1) is 6.10 Å². The van der Waals surface area contributed by atoms with Gasteiger partial charge in [-0.15, -0.1) is 5.10 Å². The number of aliphatic hydroxyl groups is 1. The first-order valence-corrected chi connectivity index (χ1v) is 6.37. The van der Waals surface area contributed by atoms with E-state index in [0.29, 0.717) is 5.92 Å². The molecule has 2 heterocycles. The van der Waals surface area contributed by atoms with Gasteiger partial charge >= 0.3 is 0 Å². The fourth-order valence-electron chi connectivity index (χ4n) is 1.97. The maximum atomic E-state index is 9.81. The number of β-amino-alcohol motifs (C(OH)–C–C–N with tert-alkyl or cyclic N) is 1. The van der Waals surface area contributed by atoms with Crippen molar-refractivity contribution in [3.8, 4) is 0 Å². The molecule has 16 heavy (non-hydrogen) atoms. The minimum atomic E-state index is -0.210. The summed E-state index contributed by atoms with van der Waals surface area (Å²) in [5.41, 5.74) is 0.981. The van der Waals surface area contributed by atoms with Gasteiger partial charge in [0.1, 0.15) is 10.7 Å². The molecule has 0 saturated carbocycles. The monoisotopic (exact) mass is 242 g/mol. The second-order valence-electron chi connectivity index (χ2n) is 4.37. The molecule has 0 aliphatic carbocycles. The normalized spacial score (nSPS) is 26.9. The number of hydrogen-bond donors (Lipinski definition) is 2. The molecule has 1 fully saturated rings. The average molecular weight is 242 g/mol. The predicted octanol–water partition coefficient (Wildman–Crippen LogP) is 0.782. The van der Waals surface area contributed by atoms with Crippen molar-refractivity contribution < 1.29 is 5.11 Å². The second kappa shape index (κ2) is 5.07. The van der Waals surface area contributed by atoms with E-state index in [2.05, 4.69) is 26.7 Å². The molecule has 6 heteroatoms. The third-order valence-electron chi connectivity index (χ3n) is 3.16. The number of aromatic nitrogens is 2. The highest BCUT2D eigenvalue weighted by atomic mass is 32.1. The zero-order valence-electron chi connectivity index (χ0n) is 9.68. The van der Waals surface area contributed by atoms with E-state index < -0.39 is 0 Å². The zero-order chi connectivity index (χ0) is 11.5. The molecule has 1 aliphatic rings. The quantitative estimate of drug-likeness (QED) is 0.820. The van der Waals surface area contributed by atoms with Crippen LogP contribution < -0.4 is 5.32 Å². The van der Waals surface area contributed by atoms with Crippen molar-refractivity contribution in [2.24, 2.45) is 5.92 Å². The van der Waals surface area contributed by atoms with Gasteiger partial charge < -0.3 is 10.4 Å². The minimum absolute atomic E-state index is 0.210. The summed E-state index contributed by atoms with van der Waals surface area (Å²) in [4.78, 5) is 2.24. The topological polar surface area (TPSA) is 61.3 Å². The Labute approximate surface area is 99.6 Å². The first-order valence-electron chi connectivity index (χ1n) is 5.60. The largest absolute Gasteiger partial charge is 0.392 e. The standard InChI is InChI=1S/C10H18N4OS/c1-7-3-4-14(6-9(7)15)5-8-10(11-2)16-13-12-8/h7,9,11,15H,3-6H2,1-2H3. The van der Waals surface area contributed by atoms with Crippen LogP contribution in [-0.2, 0) is 6.54 Å². The van der Waals surface area contributed by atoms with Crippen LogP contribution in [0.1, 0.15) is 19.0 Å². The molecule has 1 saturated heterocycles. The third-order valence-corrected chi connectivity index (χ3v) is 3.94. The van der Waals surface area contributed by atoms with E-state index in [0.717, 1.165) is 36.8 Å². The van der Waals surface area contributed by atoms with Crippen LogP contribution in [0, 0.1) is 5.92 Å². The molecule has 2 unspecified atom stereocenters. The fourth-order valence-corrected chi connectivity index (χ4v) is 2.49. The highest BCUT2D eigenvalue weighted by molar-refractivity contribution is 7.10. The lowest BCUT2D eigenvalue weighted by molar-refractivity contribution is 0.0255. The maximum Gasteiger partial charge on any atom is 0.134 e. The number of piperidine rings is 1. The second-order valence-corrected chi connectivity index (χ2v) is 5.12. The van der Waals surface area contributed by atoms with Gasteiger partial charge in [-0.25, -0.2) is 0 Å². The van der Waals surface area contributed by atoms with Crippen molar-refractivity contribution in [2.75, 3.05) is 25.5 Å². The Morgan fingerprint density at radius 2 is 2.44 bits per heavy atom. The maximum absolute atomic E-state index is 9.81. The molecule has 1 aromatic rings. The molecule has 2 rings (SSSR count). The molecule has 5 nitrogen and oxygen atoms in total. The van der Waals surface area contributed by atoms with E-state index in [-0.39, 0.29) is 6.10 Å². The van der Waals surface area contributed by atoms with Gasteiger partial charge in [0, 0.05) is 31.7 Å². The van der Waals surface area contributed by atoms with Crippen molar-refractivity contribution in [3.63, 3.8) is 0 Å². The molecule has 0 radical (unpaired) electrons. The zero-order valence-corrected chi connectivity index (χ0v) is 10.5. The van der Waals surface area contributed by atoms with Crippen molar-refractivity contribution in [1.29, 1.82) is 0 Å². The molecule has 2 atom stereocenters. The molecular weight excluding hydrogens is 224 g/mol. The lowest BCUT2D eigenvalue weighted by Gasteiger charge is -2.33. The van der Waals surface area contributed by atoms with E-state index in [9.17, 15) is 5.11 Å². The Morgan fingerprint density at radius 3 is 3.12 bits per heavy atom. The van der Waals surface area contributed by atoms with Gasteiger partial charge in [-0.05, 0) is 18.9 Å². The van der Waals surface area contributed by atoms with Crippen LogP contribution in [0.3, 0.4) is 0 Å². The number of aliphatic hydroxyl groups excluding tert-OH is 1. The summed E-state index contributed by atoms with van der Waals surface area (Å²) < 4.78 is 3.93. The Balaban J connectivity index is 1.95. The lowest BCUT2D eigenvalue weighted by atomic mass is 9.96. The van der Waals surface area contributed by atoms with Crippen molar-refractivity contribution in [3.05, 3.63) is 5.69 Å². The number of rotatable bonds is 3. The van der Waals surface area contributed by atoms with E-state index in [4.69, 9.17) is 0 Å². The van der Waals surface area contributed by atoms with Gasteiger partial charge in [0.15, 0.2) is 0 Å². The summed E-state index contributed by atoms with van der Waals surface area (Å²) in [7, 11) is 1.88. The first-order chi connectivity index (χ1) is 7.70. The summed E-state index contributed by atoms with van der Waals surface area (Å²) in [6.07, 6.45) is 0.839. The Morgan fingerprint density at radius 1 is 1.62 bits per heavy atom. The summed E-state index contributed by atoms with van der Waals surface area (Å²) in [5, 5.41) is 18.0. The van der Waals surface area contributed by atoms with Crippen molar-refractivity contribution in [1.82, 2.24) is 14.5 Å². The van der Waals surface area contributed by atoms with Crippen LogP contribution in [-0.4, -0.2) is 45.8 Å². The molecule has 1 aliphatic heterocycles. The van der Waals surface area contributed by atoms with Gasteiger partial charge in [0.25, 0.3) is 0 Å². The van der Waals surface area contributed by atoms with Gasteiger partial charge in [0.2, 0.25) is 0 Å². The summed E-state index contributed by atoms with van der Waals surface area (Å²) in [5.74, 6) is 0.411. The predicted molar refractivity (Wildman–Crippen MR) is 64.5 cm³/mol. The van der Waals surface area contributed by atoms with Crippen molar-refractivity contribution in [2.45, 2.75) is 26.0 Å². The molecule has 0 amide bonds. The van der Waals surface area contributed by atoms with Crippen molar-refractivity contribution >= 4 is 16.5 Å². The molecular formula is C10H18N4OS. The summed E-state index contributed by atoms with van der Waals surface area (Å²) in [6, 6.07) is 0. The average Bonchev–Trinajstić information content (AvgIpc) is 2.71. The summed E-state index contributed by atoms with van der Waals surface area (Å²) >= 11 is 1.38. The summed E-state index contributed by atoms with van der Waals surface area (Å²) in [6.45, 7) is 4.64. The molecule has 0 bridgehead atoms. The Hall–Kier alpha value is -0.720. The highest BCUT2D eigenvalue weighted by Crippen LogP contribution is 2.22. The van der Waals surface area contributed by atoms with Crippen LogP contribution >= 0.6 is 11.5 Å². The third kappa shape index (κ3) is 2.50. The van der Waals surface area contributed by atoms with Crippen LogP contribution in [0.15, 0.2) is 0 Å². The van der Waals surface area contributed by atoms with E-state index >= 15 is 0 Å². The minimum Gasteiger partial charge on any atom is -0.392 e. The molecule has 90 valence electrons. The van der Waals surface area contributed by atoms with E-state index in [1.807, 2.05) is 7.05 Å². The lowest BCUT2D eigenvalue weighted by Crippen LogP contribution is -2.42. The van der Waals surface area contributed by atoms with Crippen LogP contribution in [0.25, 0.3) is 0 Å². The van der Waals surface area contributed by atoms with Crippen LogP contribution in [0.5, 0.6) is 0 Å². The molecule has 2 N–H and O–H groups in total. The van der Waals surface area contributed by atoms with Crippen LogP contribution in [0.2, 0.25) is 0 Å². The Kier molecular flexibility index (Phi) is 3.73. The molecule has 1 aromatic heterocycles. The number of nitrogens with one attached hydrogen (secondary N) is 1. The highest BCUT2D eigenvalue weighted by Gasteiger charge is 2.25.